The molecule has 0 unspecified atom stereocenters. The van der Waals surface area contributed by atoms with Crippen LogP contribution in [0.5, 0.6) is 0 Å². The van der Waals surface area contributed by atoms with Crippen LogP contribution in [-0.2, 0) is 10.3 Å². The van der Waals surface area contributed by atoms with E-state index in [1.165, 1.54) is 15.3 Å². The fourth-order valence-electron chi connectivity index (χ4n) is 2.95. The molecular weight excluding hydrogens is 250 g/mol. The van der Waals surface area contributed by atoms with Gasteiger partial charge in [-0.1, -0.05) is 6.92 Å². The molecule has 0 saturated carbocycles. The van der Waals surface area contributed by atoms with Crippen LogP contribution < -0.4 is 0 Å². The minimum absolute atomic E-state index is 0.220. The average molecular weight is 267 g/mol. The Morgan fingerprint density at radius 3 is 2.94 bits per heavy atom. The first-order chi connectivity index (χ1) is 8.62. The summed E-state index contributed by atoms with van der Waals surface area (Å²) >= 11 is 1.75. The van der Waals surface area contributed by atoms with Crippen molar-refractivity contribution in [1.29, 1.82) is 0 Å². The highest BCUT2D eigenvalue weighted by atomic mass is 32.1. The van der Waals surface area contributed by atoms with Gasteiger partial charge in [-0.3, -0.25) is 0 Å². The van der Waals surface area contributed by atoms with Crippen molar-refractivity contribution in [1.82, 2.24) is 4.90 Å². The Bertz CT molecular complexity index is 463. The van der Waals surface area contributed by atoms with E-state index in [4.69, 9.17) is 9.84 Å². The van der Waals surface area contributed by atoms with Gasteiger partial charge in [0.15, 0.2) is 0 Å². The smallest absolute Gasteiger partial charge is 0.407 e. The number of likely N-dealkylation sites (tertiary alicyclic amines) is 1. The zero-order valence-electron chi connectivity index (χ0n) is 10.4. The Morgan fingerprint density at radius 2 is 2.28 bits per heavy atom. The van der Waals surface area contributed by atoms with Crippen molar-refractivity contribution < 1.29 is 14.6 Å². The third-order valence-corrected chi connectivity index (χ3v) is 5.21. The SMILES string of the molecule is C[C@@H]1COC2(CCN(C(=O)O)CC2)c2sccc21. The van der Waals surface area contributed by atoms with Crippen LogP contribution >= 0.6 is 11.3 Å². The topological polar surface area (TPSA) is 49.8 Å². The van der Waals surface area contributed by atoms with Gasteiger partial charge in [0.05, 0.1) is 6.61 Å². The molecule has 1 aromatic rings. The molecule has 2 aliphatic heterocycles. The van der Waals surface area contributed by atoms with Crippen molar-refractivity contribution in [2.24, 2.45) is 0 Å². The first-order valence-electron chi connectivity index (χ1n) is 6.32. The van der Waals surface area contributed by atoms with E-state index >= 15 is 0 Å². The van der Waals surface area contributed by atoms with Crippen LogP contribution in [0.25, 0.3) is 0 Å². The Balaban J connectivity index is 1.86. The number of carbonyl (C=O) groups is 1. The zero-order valence-corrected chi connectivity index (χ0v) is 11.2. The van der Waals surface area contributed by atoms with E-state index in [0.717, 1.165) is 19.4 Å². The summed E-state index contributed by atoms with van der Waals surface area (Å²) in [5.74, 6) is 0.453. The first-order valence-corrected chi connectivity index (χ1v) is 7.20. The molecule has 1 spiro atoms. The molecule has 1 aromatic heterocycles. The maximum Gasteiger partial charge on any atom is 0.407 e. The molecule has 1 N–H and O–H groups in total. The van der Waals surface area contributed by atoms with Crippen molar-refractivity contribution in [3.05, 3.63) is 21.9 Å². The molecule has 0 aliphatic carbocycles. The molecule has 1 atom stereocenters. The summed E-state index contributed by atoms with van der Waals surface area (Å²) in [4.78, 5) is 13.8. The van der Waals surface area contributed by atoms with Crippen LogP contribution in [0.1, 0.15) is 36.1 Å². The summed E-state index contributed by atoms with van der Waals surface area (Å²) in [5.41, 5.74) is 1.18. The summed E-state index contributed by atoms with van der Waals surface area (Å²) in [7, 11) is 0. The van der Waals surface area contributed by atoms with Crippen LogP contribution in [0.15, 0.2) is 11.4 Å². The van der Waals surface area contributed by atoms with Crippen LogP contribution in [0.3, 0.4) is 0 Å². The highest BCUT2D eigenvalue weighted by Crippen LogP contribution is 2.47. The van der Waals surface area contributed by atoms with E-state index in [-0.39, 0.29) is 5.60 Å². The minimum Gasteiger partial charge on any atom is -0.465 e. The predicted octanol–water partition coefficient (Wildman–Crippen LogP) is 2.85. The maximum absolute atomic E-state index is 11.0. The Labute approximate surface area is 110 Å². The lowest BCUT2D eigenvalue weighted by Crippen LogP contribution is -2.47. The summed E-state index contributed by atoms with van der Waals surface area (Å²) in [6.07, 6.45) is 0.736. The number of carboxylic acid groups (broad SMARTS) is 1. The molecule has 3 heterocycles. The maximum atomic E-state index is 11.0. The number of hydrogen-bond acceptors (Lipinski definition) is 3. The highest BCUT2D eigenvalue weighted by molar-refractivity contribution is 7.10. The monoisotopic (exact) mass is 267 g/mol. The second-order valence-corrected chi connectivity index (χ2v) is 6.10. The third kappa shape index (κ3) is 1.73. The molecule has 1 fully saturated rings. The lowest BCUT2D eigenvalue weighted by atomic mass is 9.83. The number of fused-ring (bicyclic) bond motifs is 2. The fourth-order valence-corrected chi connectivity index (χ4v) is 4.18. The molecule has 1 amide bonds. The van der Waals surface area contributed by atoms with Crippen LogP contribution in [0.2, 0.25) is 0 Å². The van der Waals surface area contributed by atoms with Gasteiger partial charge in [-0.15, -0.1) is 11.3 Å². The van der Waals surface area contributed by atoms with E-state index < -0.39 is 6.09 Å². The predicted molar refractivity (Wildman–Crippen MR) is 69.2 cm³/mol. The molecule has 98 valence electrons. The molecule has 5 heteroatoms. The van der Waals surface area contributed by atoms with E-state index in [1.54, 1.807) is 11.3 Å². The van der Waals surface area contributed by atoms with Gasteiger partial charge >= 0.3 is 6.09 Å². The molecule has 2 aliphatic rings. The number of hydrogen-bond donors (Lipinski definition) is 1. The standard InChI is InChI=1S/C13H17NO3S/c1-9-8-17-13(11-10(9)2-7-18-11)3-5-14(6-4-13)12(15)16/h2,7,9H,3-6,8H2,1H3,(H,15,16)/t9-/m1/s1. The van der Waals surface area contributed by atoms with Crippen LogP contribution in [0.4, 0.5) is 4.79 Å². The minimum atomic E-state index is -0.819. The number of amides is 1. The van der Waals surface area contributed by atoms with Gasteiger partial charge in [-0.05, 0) is 29.9 Å². The first kappa shape index (κ1) is 12.0. The van der Waals surface area contributed by atoms with Crippen molar-refractivity contribution in [2.45, 2.75) is 31.3 Å². The fraction of sp³-hybridized carbons (Fsp3) is 0.615. The van der Waals surface area contributed by atoms with Gasteiger partial charge < -0.3 is 14.7 Å². The van der Waals surface area contributed by atoms with Gasteiger partial charge in [0.25, 0.3) is 0 Å². The molecule has 4 nitrogen and oxygen atoms in total. The summed E-state index contributed by atoms with van der Waals surface area (Å²) in [6.45, 7) is 4.07. The van der Waals surface area contributed by atoms with E-state index in [9.17, 15) is 4.79 Å². The van der Waals surface area contributed by atoms with Gasteiger partial charge in [0.1, 0.15) is 5.60 Å². The third-order valence-electron chi connectivity index (χ3n) is 4.09. The van der Waals surface area contributed by atoms with Crippen molar-refractivity contribution in [3.63, 3.8) is 0 Å². The van der Waals surface area contributed by atoms with Gasteiger partial charge in [-0.25, -0.2) is 4.79 Å². The van der Waals surface area contributed by atoms with Gasteiger partial charge in [0.2, 0.25) is 0 Å². The number of ether oxygens (including phenoxy) is 1. The van der Waals surface area contributed by atoms with Crippen molar-refractivity contribution in [3.8, 4) is 0 Å². The Kier molecular flexibility index (Phi) is 2.83. The molecule has 1 saturated heterocycles. The zero-order chi connectivity index (χ0) is 12.8. The molecule has 0 aromatic carbocycles. The summed E-state index contributed by atoms with van der Waals surface area (Å²) < 4.78 is 6.12. The van der Waals surface area contributed by atoms with Crippen molar-refractivity contribution >= 4 is 17.4 Å². The van der Waals surface area contributed by atoms with Crippen molar-refractivity contribution in [2.75, 3.05) is 19.7 Å². The molecule has 18 heavy (non-hydrogen) atoms. The second-order valence-electron chi connectivity index (χ2n) is 5.18. The molecule has 0 radical (unpaired) electrons. The lowest BCUT2D eigenvalue weighted by molar-refractivity contribution is -0.0978. The number of rotatable bonds is 0. The highest BCUT2D eigenvalue weighted by Gasteiger charge is 2.44. The van der Waals surface area contributed by atoms with E-state index in [2.05, 4.69) is 18.4 Å². The van der Waals surface area contributed by atoms with Gasteiger partial charge in [-0.2, -0.15) is 0 Å². The van der Waals surface area contributed by atoms with Crippen LogP contribution in [-0.4, -0.2) is 35.8 Å². The molecular formula is C13H17NO3S. The van der Waals surface area contributed by atoms with Crippen LogP contribution in [0, 0.1) is 0 Å². The normalized spacial score (nSPS) is 26.1. The summed E-state index contributed by atoms with van der Waals surface area (Å²) in [5, 5.41) is 11.1. The second kappa shape index (κ2) is 4.24. The number of thiophene rings is 1. The van der Waals surface area contributed by atoms with E-state index in [1.807, 2.05) is 0 Å². The Morgan fingerprint density at radius 1 is 1.56 bits per heavy atom. The quantitative estimate of drug-likeness (QED) is 0.786. The largest absolute Gasteiger partial charge is 0.465 e. The van der Waals surface area contributed by atoms with Gasteiger partial charge in [0, 0.05) is 23.9 Å². The Hall–Kier alpha value is -1.07. The number of piperidine rings is 1. The number of nitrogens with zero attached hydrogens (tertiary/aromatic N) is 1. The summed E-state index contributed by atoms with van der Waals surface area (Å²) in [6, 6.07) is 2.19. The lowest BCUT2D eigenvalue weighted by Gasteiger charge is -2.44. The average Bonchev–Trinajstić information content (AvgIpc) is 2.86. The molecule has 3 rings (SSSR count). The van der Waals surface area contributed by atoms with E-state index in [0.29, 0.717) is 19.0 Å². The molecule has 0 bridgehead atoms.